The number of halogens is 2. The third-order valence-electron chi connectivity index (χ3n) is 2.07. The second-order valence-corrected chi connectivity index (χ2v) is 4.91. The predicted octanol–water partition coefficient (Wildman–Crippen LogP) is 2.61. The van der Waals surface area contributed by atoms with Crippen molar-refractivity contribution in [2.75, 3.05) is 6.54 Å². The molecule has 5 heteroatoms. The molecule has 0 bridgehead atoms. The fourth-order valence-electron chi connectivity index (χ4n) is 1.35. The Morgan fingerprint density at radius 2 is 2.06 bits per heavy atom. The minimum atomic E-state index is -0.0231. The summed E-state index contributed by atoms with van der Waals surface area (Å²) >= 11 is 11.8. The monoisotopic (exact) mass is 274 g/mol. The van der Waals surface area contributed by atoms with Crippen molar-refractivity contribution in [2.24, 2.45) is 0 Å². The van der Waals surface area contributed by atoms with Crippen LogP contribution in [-0.2, 0) is 11.3 Å². The zero-order chi connectivity index (χ0) is 12.8. The Bertz CT molecular complexity index is 394. The van der Waals surface area contributed by atoms with Crippen LogP contribution in [0.5, 0.6) is 0 Å². The van der Waals surface area contributed by atoms with Gasteiger partial charge >= 0.3 is 0 Å². The summed E-state index contributed by atoms with van der Waals surface area (Å²) in [5.74, 6) is -0.0231. The minimum Gasteiger partial charge on any atom is -0.353 e. The van der Waals surface area contributed by atoms with Gasteiger partial charge in [-0.15, -0.1) is 0 Å². The summed E-state index contributed by atoms with van der Waals surface area (Å²) in [6.07, 6.45) is 0. The summed E-state index contributed by atoms with van der Waals surface area (Å²) in [6, 6.07) is 5.47. The van der Waals surface area contributed by atoms with Crippen LogP contribution >= 0.6 is 23.2 Å². The molecule has 0 unspecified atom stereocenters. The topological polar surface area (TPSA) is 41.1 Å². The van der Waals surface area contributed by atoms with Gasteiger partial charge in [-0.1, -0.05) is 29.3 Å². The molecule has 0 radical (unpaired) electrons. The second-order valence-electron chi connectivity index (χ2n) is 4.06. The van der Waals surface area contributed by atoms with E-state index < -0.39 is 0 Å². The standard InChI is InChI=1S/C12H16Cl2N2O/c1-8(2)16-12(17)7-15-6-9-3-4-10(13)5-11(9)14/h3-5,8,15H,6-7H2,1-2H3,(H,16,17). The highest BCUT2D eigenvalue weighted by Crippen LogP contribution is 2.20. The Kier molecular flexibility index (Phi) is 5.75. The fourth-order valence-corrected chi connectivity index (χ4v) is 1.82. The number of benzene rings is 1. The molecule has 0 spiro atoms. The van der Waals surface area contributed by atoms with Gasteiger partial charge in [-0.25, -0.2) is 0 Å². The van der Waals surface area contributed by atoms with Crippen LogP contribution < -0.4 is 10.6 Å². The van der Waals surface area contributed by atoms with Crippen LogP contribution in [0, 0.1) is 0 Å². The number of nitrogens with one attached hydrogen (secondary N) is 2. The van der Waals surface area contributed by atoms with Crippen molar-refractivity contribution in [3.63, 3.8) is 0 Å². The molecule has 0 saturated carbocycles. The van der Waals surface area contributed by atoms with Crippen LogP contribution in [-0.4, -0.2) is 18.5 Å². The van der Waals surface area contributed by atoms with Crippen LogP contribution in [0.1, 0.15) is 19.4 Å². The zero-order valence-corrected chi connectivity index (χ0v) is 11.4. The molecule has 0 aliphatic heterocycles. The van der Waals surface area contributed by atoms with Gasteiger partial charge in [0.25, 0.3) is 0 Å². The van der Waals surface area contributed by atoms with E-state index in [4.69, 9.17) is 23.2 Å². The molecule has 0 heterocycles. The normalized spacial score (nSPS) is 10.6. The second kappa shape index (κ2) is 6.84. The van der Waals surface area contributed by atoms with Gasteiger partial charge in [0.15, 0.2) is 0 Å². The highest BCUT2D eigenvalue weighted by atomic mass is 35.5. The van der Waals surface area contributed by atoms with Gasteiger partial charge in [0, 0.05) is 22.6 Å². The molecule has 0 aliphatic carbocycles. The lowest BCUT2D eigenvalue weighted by Gasteiger charge is -2.10. The lowest BCUT2D eigenvalue weighted by Crippen LogP contribution is -2.37. The number of carbonyl (C=O) groups is 1. The van der Waals surface area contributed by atoms with Gasteiger partial charge in [-0.2, -0.15) is 0 Å². The van der Waals surface area contributed by atoms with Gasteiger partial charge in [0.2, 0.25) is 5.91 Å². The number of hydrogen-bond acceptors (Lipinski definition) is 2. The average molecular weight is 275 g/mol. The zero-order valence-electron chi connectivity index (χ0n) is 9.89. The molecule has 1 rings (SSSR count). The maximum absolute atomic E-state index is 11.4. The molecule has 1 aromatic rings. The lowest BCUT2D eigenvalue weighted by molar-refractivity contribution is -0.120. The Morgan fingerprint density at radius 1 is 1.35 bits per heavy atom. The summed E-state index contributed by atoms with van der Waals surface area (Å²) in [6.45, 7) is 4.67. The molecular weight excluding hydrogens is 259 g/mol. The first kappa shape index (κ1) is 14.3. The Labute approximate surface area is 111 Å². The molecule has 0 saturated heterocycles. The van der Waals surface area contributed by atoms with Crippen molar-refractivity contribution < 1.29 is 4.79 Å². The summed E-state index contributed by atoms with van der Waals surface area (Å²) < 4.78 is 0. The van der Waals surface area contributed by atoms with E-state index in [1.807, 2.05) is 19.9 Å². The van der Waals surface area contributed by atoms with E-state index in [1.165, 1.54) is 0 Å². The van der Waals surface area contributed by atoms with Crippen LogP contribution in [0.25, 0.3) is 0 Å². The summed E-state index contributed by atoms with van der Waals surface area (Å²) in [5, 5.41) is 7.04. The number of carbonyl (C=O) groups excluding carboxylic acids is 1. The maximum Gasteiger partial charge on any atom is 0.234 e. The third-order valence-corrected chi connectivity index (χ3v) is 2.65. The summed E-state index contributed by atoms with van der Waals surface area (Å²) in [4.78, 5) is 11.4. The van der Waals surface area contributed by atoms with E-state index in [-0.39, 0.29) is 18.5 Å². The molecule has 1 aromatic carbocycles. The van der Waals surface area contributed by atoms with Gasteiger partial charge in [0.1, 0.15) is 0 Å². The summed E-state index contributed by atoms with van der Waals surface area (Å²) in [7, 11) is 0. The fraction of sp³-hybridized carbons (Fsp3) is 0.417. The number of rotatable bonds is 5. The Hall–Kier alpha value is -0.770. The number of hydrogen-bond donors (Lipinski definition) is 2. The molecule has 0 aromatic heterocycles. The first-order chi connectivity index (χ1) is 7.99. The van der Waals surface area contributed by atoms with Crippen molar-refractivity contribution in [3.8, 4) is 0 Å². The molecule has 17 heavy (non-hydrogen) atoms. The smallest absolute Gasteiger partial charge is 0.234 e. The van der Waals surface area contributed by atoms with Crippen molar-refractivity contribution in [3.05, 3.63) is 33.8 Å². The van der Waals surface area contributed by atoms with Crippen molar-refractivity contribution in [2.45, 2.75) is 26.4 Å². The highest BCUT2D eigenvalue weighted by Gasteiger charge is 2.04. The van der Waals surface area contributed by atoms with Crippen LogP contribution in [0.15, 0.2) is 18.2 Å². The van der Waals surface area contributed by atoms with Crippen molar-refractivity contribution in [1.29, 1.82) is 0 Å². The molecule has 0 atom stereocenters. The molecule has 2 N–H and O–H groups in total. The predicted molar refractivity (Wildman–Crippen MR) is 71.4 cm³/mol. The third kappa shape index (κ3) is 5.39. The van der Waals surface area contributed by atoms with E-state index >= 15 is 0 Å². The quantitative estimate of drug-likeness (QED) is 0.867. The Balaban J connectivity index is 2.38. The molecule has 1 amide bonds. The molecule has 0 aliphatic rings. The SMILES string of the molecule is CC(C)NC(=O)CNCc1ccc(Cl)cc1Cl. The van der Waals surface area contributed by atoms with Gasteiger partial charge < -0.3 is 10.6 Å². The van der Waals surface area contributed by atoms with E-state index in [0.717, 1.165) is 5.56 Å². The first-order valence-corrected chi connectivity index (χ1v) is 6.18. The molecule has 0 fully saturated rings. The van der Waals surface area contributed by atoms with Gasteiger partial charge in [0.05, 0.1) is 6.54 Å². The maximum atomic E-state index is 11.4. The molecular formula is C12H16Cl2N2O. The minimum absolute atomic E-state index is 0.0231. The first-order valence-electron chi connectivity index (χ1n) is 5.43. The van der Waals surface area contributed by atoms with E-state index in [2.05, 4.69) is 10.6 Å². The van der Waals surface area contributed by atoms with E-state index in [0.29, 0.717) is 16.6 Å². The molecule has 94 valence electrons. The van der Waals surface area contributed by atoms with Crippen molar-refractivity contribution >= 4 is 29.1 Å². The lowest BCUT2D eigenvalue weighted by atomic mass is 10.2. The van der Waals surface area contributed by atoms with Crippen LogP contribution in [0.4, 0.5) is 0 Å². The van der Waals surface area contributed by atoms with Crippen LogP contribution in [0.2, 0.25) is 10.0 Å². The largest absolute Gasteiger partial charge is 0.353 e. The average Bonchev–Trinajstić information content (AvgIpc) is 2.20. The molecule has 3 nitrogen and oxygen atoms in total. The Morgan fingerprint density at radius 3 is 2.65 bits per heavy atom. The van der Waals surface area contributed by atoms with E-state index in [9.17, 15) is 4.79 Å². The van der Waals surface area contributed by atoms with Crippen LogP contribution in [0.3, 0.4) is 0 Å². The van der Waals surface area contributed by atoms with Crippen molar-refractivity contribution in [1.82, 2.24) is 10.6 Å². The highest BCUT2D eigenvalue weighted by molar-refractivity contribution is 6.35. The van der Waals surface area contributed by atoms with Gasteiger partial charge in [-0.05, 0) is 31.5 Å². The number of amides is 1. The van der Waals surface area contributed by atoms with E-state index in [1.54, 1.807) is 12.1 Å². The summed E-state index contributed by atoms with van der Waals surface area (Å²) in [5.41, 5.74) is 0.924. The van der Waals surface area contributed by atoms with Gasteiger partial charge in [-0.3, -0.25) is 4.79 Å².